The third kappa shape index (κ3) is 3.21. The maximum absolute atomic E-state index is 13.6. The van der Waals surface area contributed by atoms with Crippen molar-refractivity contribution in [2.75, 3.05) is 12.4 Å². The standard InChI is InChI=1S/C13H18FNOS/c1-9(2)8-16-15-12-6-7-17-13-10(12)4-3-5-11(13)14/h3-5,9,12,15H,6-8H2,1-2H3. The van der Waals surface area contributed by atoms with Crippen LogP contribution in [0, 0.1) is 11.7 Å². The summed E-state index contributed by atoms with van der Waals surface area (Å²) in [5.74, 6) is 1.30. The molecular formula is C13H18FNOS. The van der Waals surface area contributed by atoms with E-state index >= 15 is 0 Å². The molecule has 0 aromatic heterocycles. The Bertz CT molecular complexity index is 384. The van der Waals surface area contributed by atoms with Gasteiger partial charge in [0.15, 0.2) is 0 Å². The third-order valence-electron chi connectivity index (χ3n) is 2.67. The number of fused-ring (bicyclic) bond motifs is 1. The molecule has 0 saturated heterocycles. The van der Waals surface area contributed by atoms with Crippen LogP contribution in [0.2, 0.25) is 0 Å². The minimum atomic E-state index is -0.122. The molecule has 1 heterocycles. The van der Waals surface area contributed by atoms with E-state index < -0.39 is 0 Å². The van der Waals surface area contributed by atoms with Crippen LogP contribution in [0.4, 0.5) is 4.39 Å². The van der Waals surface area contributed by atoms with E-state index in [-0.39, 0.29) is 11.9 Å². The van der Waals surface area contributed by atoms with Crippen molar-refractivity contribution in [2.45, 2.75) is 31.2 Å². The molecular weight excluding hydrogens is 237 g/mol. The van der Waals surface area contributed by atoms with Gasteiger partial charge in [-0.3, -0.25) is 0 Å². The highest BCUT2D eigenvalue weighted by Crippen LogP contribution is 2.37. The van der Waals surface area contributed by atoms with E-state index in [1.165, 1.54) is 6.07 Å². The maximum atomic E-state index is 13.6. The second-order valence-corrected chi connectivity index (χ2v) is 5.78. The molecule has 1 aromatic carbocycles. The molecule has 0 aliphatic carbocycles. The van der Waals surface area contributed by atoms with Crippen LogP contribution in [0.25, 0.3) is 0 Å². The lowest BCUT2D eigenvalue weighted by atomic mass is 10.0. The molecule has 1 aromatic rings. The Morgan fingerprint density at radius 3 is 3.12 bits per heavy atom. The molecule has 4 heteroatoms. The Labute approximate surface area is 106 Å². The van der Waals surface area contributed by atoms with Crippen LogP contribution >= 0.6 is 11.8 Å². The quantitative estimate of drug-likeness (QED) is 0.831. The summed E-state index contributed by atoms with van der Waals surface area (Å²) in [7, 11) is 0. The van der Waals surface area contributed by atoms with E-state index in [1.54, 1.807) is 17.8 Å². The van der Waals surface area contributed by atoms with Crippen molar-refractivity contribution < 1.29 is 9.23 Å². The third-order valence-corrected chi connectivity index (χ3v) is 3.83. The van der Waals surface area contributed by atoms with E-state index in [1.807, 2.05) is 6.07 Å². The average molecular weight is 255 g/mol. The molecule has 2 rings (SSSR count). The summed E-state index contributed by atoms with van der Waals surface area (Å²) in [5, 5.41) is 0. The highest BCUT2D eigenvalue weighted by atomic mass is 32.2. The lowest BCUT2D eigenvalue weighted by Crippen LogP contribution is -2.26. The number of benzene rings is 1. The first-order chi connectivity index (χ1) is 8.18. The van der Waals surface area contributed by atoms with Crippen molar-refractivity contribution >= 4 is 11.8 Å². The van der Waals surface area contributed by atoms with Gasteiger partial charge in [-0.15, -0.1) is 11.8 Å². The number of hydroxylamine groups is 1. The number of thioether (sulfide) groups is 1. The maximum Gasteiger partial charge on any atom is 0.137 e. The number of hydrogen-bond acceptors (Lipinski definition) is 3. The van der Waals surface area contributed by atoms with Crippen molar-refractivity contribution in [3.63, 3.8) is 0 Å². The van der Waals surface area contributed by atoms with E-state index in [0.717, 1.165) is 22.6 Å². The molecule has 0 amide bonds. The molecule has 1 aliphatic rings. The Morgan fingerprint density at radius 1 is 1.53 bits per heavy atom. The van der Waals surface area contributed by atoms with Crippen LogP contribution < -0.4 is 5.48 Å². The zero-order valence-corrected chi connectivity index (χ0v) is 11.0. The summed E-state index contributed by atoms with van der Waals surface area (Å²) in [4.78, 5) is 6.22. The topological polar surface area (TPSA) is 21.3 Å². The molecule has 1 N–H and O–H groups in total. The van der Waals surface area contributed by atoms with Crippen molar-refractivity contribution in [3.8, 4) is 0 Å². The Kier molecular flexibility index (Phi) is 4.42. The Balaban J connectivity index is 2.04. The summed E-state index contributed by atoms with van der Waals surface area (Å²) >= 11 is 1.59. The molecule has 17 heavy (non-hydrogen) atoms. The van der Waals surface area contributed by atoms with Crippen LogP contribution in [0.3, 0.4) is 0 Å². The van der Waals surface area contributed by atoms with Crippen molar-refractivity contribution in [1.82, 2.24) is 5.48 Å². The largest absolute Gasteiger partial charge is 0.301 e. The molecule has 2 nitrogen and oxygen atoms in total. The zero-order valence-electron chi connectivity index (χ0n) is 10.2. The highest BCUT2D eigenvalue weighted by molar-refractivity contribution is 7.99. The van der Waals surface area contributed by atoms with Gasteiger partial charge in [0, 0.05) is 10.6 Å². The first-order valence-corrected chi connectivity index (χ1v) is 6.95. The summed E-state index contributed by atoms with van der Waals surface area (Å²) in [5.41, 5.74) is 4.07. The van der Waals surface area contributed by atoms with Gasteiger partial charge in [0.25, 0.3) is 0 Å². The molecule has 1 aliphatic heterocycles. The average Bonchev–Trinajstić information content (AvgIpc) is 2.30. The lowest BCUT2D eigenvalue weighted by Gasteiger charge is -2.26. The van der Waals surface area contributed by atoms with Crippen LogP contribution in [0.15, 0.2) is 23.1 Å². The molecule has 0 radical (unpaired) electrons. The Morgan fingerprint density at radius 2 is 2.35 bits per heavy atom. The lowest BCUT2D eigenvalue weighted by molar-refractivity contribution is -0.00133. The van der Waals surface area contributed by atoms with Crippen LogP contribution in [-0.2, 0) is 4.84 Å². The van der Waals surface area contributed by atoms with Gasteiger partial charge in [-0.25, -0.2) is 4.39 Å². The van der Waals surface area contributed by atoms with E-state index in [9.17, 15) is 4.39 Å². The fraction of sp³-hybridized carbons (Fsp3) is 0.538. The molecule has 0 spiro atoms. The van der Waals surface area contributed by atoms with E-state index in [4.69, 9.17) is 4.84 Å². The van der Waals surface area contributed by atoms with E-state index in [2.05, 4.69) is 19.3 Å². The Hall–Kier alpha value is -0.580. The summed E-state index contributed by atoms with van der Waals surface area (Å²) in [6.45, 7) is 4.88. The SMILES string of the molecule is CC(C)CONC1CCSc2c(F)cccc21. The molecule has 0 fully saturated rings. The van der Waals surface area contributed by atoms with Crippen LogP contribution in [-0.4, -0.2) is 12.4 Å². The molecule has 0 bridgehead atoms. The number of rotatable bonds is 4. The first-order valence-electron chi connectivity index (χ1n) is 5.97. The van der Waals surface area contributed by atoms with Gasteiger partial charge in [0.1, 0.15) is 5.82 Å². The van der Waals surface area contributed by atoms with Crippen LogP contribution in [0.5, 0.6) is 0 Å². The summed E-state index contributed by atoms with van der Waals surface area (Å²) in [6.07, 6.45) is 0.971. The second kappa shape index (κ2) is 5.85. The molecule has 0 saturated carbocycles. The fourth-order valence-electron chi connectivity index (χ4n) is 1.82. The predicted octanol–water partition coefficient (Wildman–Crippen LogP) is 3.54. The monoisotopic (exact) mass is 255 g/mol. The molecule has 1 atom stereocenters. The highest BCUT2D eigenvalue weighted by Gasteiger charge is 2.23. The van der Waals surface area contributed by atoms with Gasteiger partial charge in [-0.1, -0.05) is 26.0 Å². The van der Waals surface area contributed by atoms with Crippen LogP contribution in [0.1, 0.15) is 31.9 Å². The minimum absolute atomic E-state index is 0.112. The van der Waals surface area contributed by atoms with Crippen molar-refractivity contribution in [1.29, 1.82) is 0 Å². The second-order valence-electron chi connectivity index (χ2n) is 4.67. The van der Waals surface area contributed by atoms with Gasteiger partial charge >= 0.3 is 0 Å². The first kappa shape index (κ1) is 12.9. The minimum Gasteiger partial charge on any atom is -0.301 e. The van der Waals surface area contributed by atoms with Gasteiger partial charge in [0.05, 0.1) is 12.6 Å². The van der Waals surface area contributed by atoms with Gasteiger partial charge < -0.3 is 4.84 Å². The van der Waals surface area contributed by atoms with Gasteiger partial charge in [-0.2, -0.15) is 5.48 Å². The molecule has 94 valence electrons. The fourth-order valence-corrected chi connectivity index (χ4v) is 2.96. The smallest absolute Gasteiger partial charge is 0.137 e. The number of halogens is 1. The van der Waals surface area contributed by atoms with E-state index in [0.29, 0.717) is 12.5 Å². The number of hydrogen-bond donors (Lipinski definition) is 1. The summed E-state index contributed by atoms with van der Waals surface area (Å²) < 4.78 is 13.6. The summed E-state index contributed by atoms with van der Waals surface area (Å²) in [6, 6.07) is 5.36. The van der Waals surface area contributed by atoms with Gasteiger partial charge in [0.2, 0.25) is 0 Å². The number of nitrogens with one attached hydrogen (secondary N) is 1. The molecule has 1 unspecified atom stereocenters. The van der Waals surface area contributed by atoms with Crippen molar-refractivity contribution in [2.24, 2.45) is 5.92 Å². The van der Waals surface area contributed by atoms with Crippen molar-refractivity contribution in [3.05, 3.63) is 29.6 Å². The predicted molar refractivity (Wildman–Crippen MR) is 68.4 cm³/mol. The normalized spacial score (nSPS) is 19.4. The van der Waals surface area contributed by atoms with Gasteiger partial charge in [-0.05, 0) is 24.0 Å². The zero-order chi connectivity index (χ0) is 12.3.